The minimum Gasteiger partial charge on any atom is -0.324 e. The second-order valence-electron chi connectivity index (χ2n) is 6.68. The van der Waals surface area contributed by atoms with Gasteiger partial charge in [0.1, 0.15) is 6.54 Å². The lowest BCUT2D eigenvalue weighted by molar-refractivity contribution is -0.117. The van der Waals surface area contributed by atoms with E-state index >= 15 is 0 Å². The molecule has 0 saturated heterocycles. The van der Waals surface area contributed by atoms with Crippen molar-refractivity contribution in [2.75, 3.05) is 16.8 Å². The molecule has 0 saturated carbocycles. The van der Waals surface area contributed by atoms with Crippen molar-refractivity contribution in [3.8, 4) is 11.4 Å². The molecule has 1 aliphatic rings. The molecule has 0 radical (unpaired) electrons. The lowest BCUT2D eigenvalue weighted by Crippen LogP contribution is -2.33. The molecule has 2 aromatic carbocycles. The van der Waals surface area contributed by atoms with Crippen LogP contribution in [0.3, 0.4) is 0 Å². The van der Waals surface area contributed by atoms with Crippen LogP contribution < -0.4 is 10.2 Å². The van der Waals surface area contributed by atoms with Crippen LogP contribution in [-0.4, -0.2) is 38.6 Å². The Labute approximate surface area is 162 Å². The normalized spacial score (nSPS) is 13.1. The minimum absolute atomic E-state index is 0.0313. The molecule has 8 heteroatoms. The number of nitrogens with one attached hydrogen (secondary N) is 1. The van der Waals surface area contributed by atoms with Gasteiger partial charge in [-0.15, -0.1) is 10.2 Å². The Bertz CT molecular complexity index is 1010. The maximum absolute atomic E-state index is 12.4. The number of tetrazole rings is 1. The second kappa shape index (κ2) is 7.59. The molecule has 142 valence electrons. The van der Waals surface area contributed by atoms with E-state index in [1.807, 2.05) is 48.5 Å². The fourth-order valence-electron chi connectivity index (χ4n) is 3.34. The van der Waals surface area contributed by atoms with Gasteiger partial charge in [0.05, 0.1) is 0 Å². The van der Waals surface area contributed by atoms with Crippen LogP contribution in [-0.2, 0) is 22.6 Å². The van der Waals surface area contributed by atoms with Crippen LogP contribution in [0.5, 0.6) is 0 Å². The highest BCUT2D eigenvalue weighted by molar-refractivity contribution is 5.94. The number of anilines is 2. The topological polar surface area (TPSA) is 93.0 Å². The third-order valence-electron chi connectivity index (χ3n) is 4.63. The highest BCUT2D eigenvalue weighted by atomic mass is 16.2. The van der Waals surface area contributed by atoms with Gasteiger partial charge in [-0.05, 0) is 41.8 Å². The third kappa shape index (κ3) is 3.75. The first-order chi connectivity index (χ1) is 13.6. The van der Waals surface area contributed by atoms with Crippen LogP contribution in [0.4, 0.5) is 11.4 Å². The van der Waals surface area contributed by atoms with Crippen molar-refractivity contribution in [1.29, 1.82) is 0 Å². The summed E-state index contributed by atoms with van der Waals surface area (Å²) in [6, 6.07) is 15.1. The Balaban J connectivity index is 1.43. The third-order valence-corrected chi connectivity index (χ3v) is 4.63. The smallest absolute Gasteiger partial charge is 0.248 e. The summed E-state index contributed by atoms with van der Waals surface area (Å²) in [7, 11) is 0. The molecule has 0 unspecified atom stereocenters. The van der Waals surface area contributed by atoms with Crippen molar-refractivity contribution < 1.29 is 9.59 Å². The van der Waals surface area contributed by atoms with Crippen molar-refractivity contribution in [2.24, 2.45) is 0 Å². The number of aryl methyl sites for hydroxylation is 1. The summed E-state index contributed by atoms with van der Waals surface area (Å²) in [4.78, 5) is 27.2. The number of benzene rings is 2. The molecule has 1 aromatic heterocycles. The highest BCUT2D eigenvalue weighted by Crippen LogP contribution is 2.29. The molecular formula is C20H20N6O2. The summed E-state index contributed by atoms with van der Waals surface area (Å²) in [5, 5.41) is 15.1. The molecule has 4 rings (SSSR count). The van der Waals surface area contributed by atoms with Crippen LogP contribution >= 0.6 is 0 Å². The number of fused-ring (bicyclic) bond motifs is 1. The zero-order valence-corrected chi connectivity index (χ0v) is 15.5. The Morgan fingerprint density at radius 1 is 1.14 bits per heavy atom. The summed E-state index contributed by atoms with van der Waals surface area (Å²) in [6.45, 7) is 2.27. The number of carbonyl (C=O) groups is 2. The molecule has 8 nitrogen and oxygen atoms in total. The van der Waals surface area contributed by atoms with E-state index in [1.54, 1.807) is 11.8 Å². The SMILES string of the molecule is CC(=O)N1CCCc2cc(NC(=O)Cn3nnc(-c4ccccc4)n3)ccc21. The Morgan fingerprint density at radius 2 is 1.96 bits per heavy atom. The van der Waals surface area contributed by atoms with E-state index in [2.05, 4.69) is 20.7 Å². The molecule has 0 aliphatic carbocycles. The Kier molecular flexibility index (Phi) is 4.84. The van der Waals surface area contributed by atoms with E-state index in [1.165, 1.54) is 4.80 Å². The molecular weight excluding hydrogens is 356 g/mol. The average Bonchev–Trinajstić information content (AvgIpc) is 3.16. The van der Waals surface area contributed by atoms with E-state index in [-0.39, 0.29) is 18.4 Å². The number of carbonyl (C=O) groups excluding carboxylic acids is 2. The first-order valence-corrected chi connectivity index (χ1v) is 9.14. The molecule has 0 bridgehead atoms. The first-order valence-electron chi connectivity index (χ1n) is 9.14. The Hall–Kier alpha value is -3.55. The van der Waals surface area contributed by atoms with Gasteiger partial charge in [-0.2, -0.15) is 4.80 Å². The molecule has 0 fully saturated rings. The van der Waals surface area contributed by atoms with Crippen molar-refractivity contribution in [2.45, 2.75) is 26.3 Å². The fraction of sp³-hybridized carbons (Fsp3) is 0.250. The number of nitrogens with zero attached hydrogens (tertiary/aromatic N) is 5. The van der Waals surface area contributed by atoms with Crippen LogP contribution in [0, 0.1) is 0 Å². The zero-order chi connectivity index (χ0) is 19.5. The van der Waals surface area contributed by atoms with E-state index in [4.69, 9.17) is 0 Å². The minimum atomic E-state index is -0.240. The first kappa shape index (κ1) is 17.8. The van der Waals surface area contributed by atoms with E-state index < -0.39 is 0 Å². The van der Waals surface area contributed by atoms with Crippen LogP contribution in [0.1, 0.15) is 18.9 Å². The van der Waals surface area contributed by atoms with Crippen LogP contribution in [0.15, 0.2) is 48.5 Å². The van der Waals surface area contributed by atoms with Crippen molar-refractivity contribution in [1.82, 2.24) is 20.2 Å². The van der Waals surface area contributed by atoms with Crippen molar-refractivity contribution >= 4 is 23.2 Å². The largest absolute Gasteiger partial charge is 0.324 e. The quantitative estimate of drug-likeness (QED) is 0.754. The molecule has 1 N–H and O–H groups in total. The maximum atomic E-state index is 12.4. The lowest BCUT2D eigenvalue weighted by Gasteiger charge is -2.28. The molecule has 0 spiro atoms. The lowest BCUT2D eigenvalue weighted by atomic mass is 10.0. The van der Waals surface area contributed by atoms with Gasteiger partial charge in [0.2, 0.25) is 17.6 Å². The monoisotopic (exact) mass is 376 g/mol. The van der Waals surface area contributed by atoms with Gasteiger partial charge in [0, 0.05) is 30.4 Å². The number of rotatable bonds is 4. The summed E-state index contributed by atoms with van der Waals surface area (Å²) in [5.74, 6) is 0.270. The predicted octanol–water partition coefficient (Wildman–Crippen LogP) is 2.28. The van der Waals surface area contributed by atoms with Crippen molar-refractivity contribution in [3.63, 3.8) is 0 Å². The van der Waals surface area contributed by atoms with Crippen molar-refractivity contribution in [3.05, 3.63) is 54.1 Å². The van der Waals surface area contributed by atoms with E-state index in [9.17, 15) is 9.59 Å². The number of hydrogen-bond acceptors (Lipinski definition) is 5. The predicted molar refractivity (Wildman–Crippen MR) is 105 cm³/mol. The molecule has 2 heterocycles. The maximum Gasteiger partial charge on any atom is 0.248 e. The standard InChI is InChI=1S/C20H20N6O2/c1-14(27)25-11-5-8-16-12-17(9-10-18(16)25)21-19(28)13-26-23-20(22-24-26)15-6-3-2-4-7-15/h2-4,6-7,9-10,12H,5,8,11,13H2,1H3,(H,21,28). The van der Waals surface area contributed by atoms with Gasteiger partial charge in [-0.3, -0.25) is 9.59 Å². The van der Waals surface area contributed by atoms with Gasteiger partial charge in [0.15, 0.2) is 0 Å². The van der Waals surface area contributed by atoms with Gasteiger partial charge < -0.3 is 10.2 Å². The average molecular weight is 376 g/mol. The molecule has 1 aliphatic heterocycles. The van der Waals surface area contributed by atoms with Crippen LogP contribution in [0.25, 0.3) is 11.4 Å². The van der Waals surface area contributed by atoms with E-state index in [0.717, 1.165) is 36.2 Å². The molecule has 28 heavy (non-hydrogen) atoms. The molecule has 2 amide bonds. The Morgan fingerprint density at radius 3 is 2.75 bits per heavy atom. The number of amides is 2. The number of aromatic nitrogens is 4. The fourth-order valence-corrected chi connectivity index (χ4v) is 3.34. The summed E-state index contributed by atoms with van der Waals surface area (Å²) in [5.41, 5.74) is 3.52. The van der Waals surface area contributed by atoms with E-state index in [0.29, 0.717) is 11.5 Å². The highest BCUT2D eigenvalue weighted by Gasteiger charge is 2.20. The van der Waals surface area contributed by atoms with Crippen LogP contribution in [0.2, 0.25) is 0 Å². The summed E-state index contributed by atoms with van der Waals surface area (Å²) >= 11 is 0. The van der Waals surface area contributed by atoms with Gasteiger partial charge in [-0.1, -0.05) is 30.3 Å². The zero-order valence-electron chi connectivity index (χ0n) is 15.5. The summed E-state index contributed by atoms with van der Waals surface area (Å²) < 4.78 is 0. The van der Waals surface area contributed by atoms with Gasteiger partial charge >= 0.3 is 0 Å². The number of hydrogen-bond donors (Lipinski definition) is 1. The second-order valence-corrected chi connectivity index (χ2v) is 6.68. The van der Waals surface area contributed by atoms with Gasteiger partial charge in [0.25, 0.3) is 0 Å². The molecule has 0 atom stereocenters. The molecule has 3 aromatic rings. The van der Waals surface area contributed by atoms with Gasteiger partial charge in [-0.25, -0.2) is 0 Å². The summed E-state index contributed by atoms with van der Waals surface area (Å²) in [6.07, 6.45) is 1.79.